The molecular weight excluding hydrogens is 200 g/mol. The summed E-state index contributed by atoms with van der Waals surface area (Å²) in [7, 11) is 0. The van der Waals surface area contributed by atoms with E-state index < -0.39 is 0 Å². The molecule has 0 aliphatic rings. The predicted molar refractivity (Wildman–Crippen MR) is 62.1 cm³/mol. The molecule has 2 rings (SSSR count). The standard InChI is InChI=1S/C13H12N2O/c1-10(7-8-14)16-12-6-2-4-11-5-3-9-15-13(11)12/h2-6,9-10H,7H2,1H3. The van der Waals surface area contributed by atoms with Gasteiger partial charge in [0.1, 0.15) is 17.4 Å². The quantitative estimate of drug-likeness (QED) is 0.785. The number of rotatable bonds is 3. The lowest BCUT2D eigenvalue weighted by Gasteiger charge is -2.12. The normalized spacial score (nSPS) is 12.0. The van der Waals surface area contributed by atoms with Crippen LogP contribution in [-0.2, 0) is 0 Å². The number of nitrogens with zero attached hydrogens (tertiary/aromatic N) is 2. The topological polar surface area (TPSA) is 45.9 Å². The molecule has 0 saturated heterocycles. The molecule has 2 aromatic rings. The third-order valence-corrected chi connectivity index (χ3v) is 2.30. The number of ether oxygens (including phenoxy) is 1. The Morgan fingerprint density at radius 3 is 3.00 bits per heavy atom. The SMILES string of the molecule is CC(CC#N)Oc1cccc2cccnc12. The smallest absolute Gasteiger partial charge is 0.145 e. The highest BCUT2D eigenvalue weighted by molar-refractivity contribution is 5.84. The van der Waals surface area contributed by atoms with Gasteiger partial charge >= 0.3 is 0 Å². The number of hydrogen-bond acceptors (Lipinski definition) is 3. The van der Waals surface area contributed by atoms with Gasteiger partial charge in [-0.25, -0.2) is 0 Å². The summed E-state index contributed by atoms with van der Waals surface area (Å²) in [6.07, 6.45) is 2.01. The largest absolute Gasteiger partial charge is 0.487 e. The zero-order valence-corrected chi connectivity index (χ0v) is 9.05. The number of pyridine rings is 1. The van der Waals surface area contributed by atoms with Gasteiger partial charge in [-0.1, -0.05) is 18.2 Å². The van der Waals surface area contributed by atoms with Crippen LogP contribution in [0.5, 0.6) is 5.75 Å². The number of benzene rings is 1. The van der Waals surface area contributed by atoms with E-state index >= 15 is 0 Å². The van der Waals surface area contributed by atoms with Crippen LogP contribution in [-0.4, -0.2) is 11.1 Å². The Hall–Kier alpha value is -2.08. The lowest BCUT2D eigenvalue weighted by Crippen LogP contribution is -2.10. The van der Waals surface area contributed by atoms with E-state index in [2.05, 4.69) is 11.1 Å². The first-order valence-electron chi connectivity index (χ1n) is 5.18. The van der Waals surface area contributed by atoms with Crippen LogP contribution < -0.4 is 4.74 Å². The van der Waals surface area contributed by atoms with Crippen molar-refractivity contribution in [1.82, 2.24) is 4.98 Å². The average molecular weight is 212 g/mol. The van der Waals surface area contributed by atoms with Gasteiger partial charge < -0.3 is 4.74 Å². The first kappa shape index (κ1) is 10.4. The van der Waals surface area contributed by atoms with Crippen LogP contribution >= 0.6 is 0 Å². The molecule has 1 aromatic carbocycles. The minimum absolute atomic E-state index is 0.113. The van der Waals surface area contributed by atoms with Gasteiger partial charge in [-0.3, -0.25) is 4.98 Å². The molecule has 1 unspecified atom stereocenters. The van der Waals surface area contributed by atoms with Crippen LogP contribution in [0.3, 0.4) is 0 Å². The van der Waals surface area contributed by atoms with E-state index in [9.17, 15) is 0 Å². The molecule has 0 fully saturated rings. The van der Waals surface area contributed by atoms with Crippen LogP contribution in [0.2, 0.25) is 0 Å². The van der Waals surface area contributed by atoms with Gasteiger partial charge in [0, 0.05) is 11.6 Å². The Bertz CT molecular complexity index is 525. The molecule has 0 radical (unpaired) electrons. The van der Waals surface area contributed by atoms with Crippen molar-refractivity contribution in [3.05, 3.63) is 36.5 Å². The number of fused-ring (bicyclic) bond motifs is 1. The number of para-hydroxylation sites is 1. The number of aromatic nitrogens is 1. The van der Waals surface area contributed by atoms with E-state index in [0.29, 0.717) is 6.42 Å². The van der Waals surface area contributed by atoms with Crippen molar-refractivity contribution in [3.63, 3.8) is 0 Å². The monoisotopic (exact) mass is 212 g/mol. The summed E-state index contributed by atoms with van der Waals surface area (Å²) >= 11 is 0. The minimum Gasteiger partial charge on any atom is -0.487 e. The van der Waals surface area contributed by atoms with Gasteiger partial charge in [-0.05, 0) is 19.1 Å². The third-order valence-electron chi connectivity index (χ3n) is 2.30. The maximum Gasteiger partial charge on any atom is 0.145 e. The molecule has 0 bridgehead atoms. The average Bonchev–Trinajstić information content (AvgIpc) is 2.30. The third kappa shape index (κ3) is 2.12. The summed E-state index contributed by atoms with van der Waals surface area (Å²) in [4.78, 5) is 4.29. The lowest BCUT2D eigenvalue weighted by molar-refractivity contribution is 0.229. The van der Waals surface area contributed by atoms with E-state index in [4.69, 9.17) is 10.00 Å². The molecular formula is C13H12N2O. The summed E-state index contributed by atoms with van der Waals surface area (Å²) in [6.45, 7) is 1.88. The van der Waals surface area contributed by atoms with E-state index in [1.165, 1.54) is 0 Å². The molecule has 0 saturated carbocycles. The molecule has 1 aromatic heterocycles. The van der Waals surface area contributed by atoms with Crippen LogP contribution in [0, 0.1) is 11.3 Å². The number of hydrogen-bond donors (Lipinski definition) is 0. The summed E-state index contributed by atoms with van der Waals surface area (Å²) in [6, 6.07) is 11.8. The van der Waals surface area contributed by atoms with Crippen molar-refractivity contribution >= 4 is 10.9 Å². The van der Waals surface area contributed by atoms with E-state index in [-0.39, 0.29) is 6.10 Å². The van der Waals surface area contributed by atoms with Crippen LogP contribution in [0.15, 0.2) is 36.5 Å². The second-order valence-corrected chi connectivity index (χ2v) is 3.62. The predicted octanol–water partition coefficient (Wildman–Crippen LogP) is 2.92. The van der Waals surface area contributed by atoms with Gasteiger partial charge in [-0.15, -0.1) is 0 Å². The van der Waals surface area contributed by atoms with Crippen molar-refractivity contribution in [2.45, 2.75) is 19.4 Å². The first-order chi connectivity index (χ1) is 7.81. The van der Waals surface area contributed by atoms with Gasteiger partial charge in [-0.2, -0.15) is 5.26 Å². The Kier molecular flexibility index (Phi) is 3.02. The van der Waals surface area contributed by atoms with Crippen LogP contribution in [0.1, 0.15) is 13.3 Å². The summed E-state index contributed by atoms with van der Waals surface area (Å²) in [5.41, 5.74) is 0.842. The summed E-state index contributed by atoms with van der Waals surface area (Å²) in [5.74, 6) is 0.737. The minimum atomic E-state index is -0.113. The fourth-order valence-electron chi connectivity index (χ4n) is 1.56. The second kappa shape index (κ2) is 4.63. The number of nitriles is 1. The van der Waals surface area contributed by atoms with Gasteiger partial charge in [0.2, 0.25) is 0 Å². The highest BCUT2D eigenvalue weighted by Crippen LogP contribution is 2.24. The molecule has 0 spiro atoms. The Balaban J connectivity index is 2.34. The Morgan fingerprint density at radius 1 is 1.38 bits per heavy atom. The molecule has 0 amide bonds. The molecule has 0 N–H and O–H groups in total. The maximum atomic E-state index is 8.58. The fourth-order valence-corrected chi connectivity index (χ4v) is 1.56. The molecule has 3 heteroatoms. The van der Waals surface area contributed by atoms with E-state index in [1.54, 1.807) is 6.20 Å². The molecule has 0 aliphatic heterocycles. The lowest BCUT2D eigenvalue weighted by atomic mass is 10.2. The van der Waals surface area contributed by atoms with Crippen LogP contribution in [0.25, 0.3) is 10.9 Å². The van der Waals surface area contributed by atoms with E-state index in [1.807, 2.05) is 37.3 Å². The van der Waals surface area contributed by atoms with Crippen molar-refractivity contribution in [3.8, 4) is 11.8 Å². The van der Waals surface area contributed by atoms with Crippen molar-refractivity contribution in [1.29, 1.82) is 5.26 Å². The Labute approximate surface area is 94.3 Å². The fraction of sp³-hybridized carbons (Fsp3) is 0.231. The molecule has 1 heterocycles. The summed E-state index contributed by atoms with van der Waals surface area (Å²) in [5, 5.41) is 9.63. The summed E-state index contributed by atoms with van der Waals surface area (Å²) < 4.78 is 5.68. The van der Waals surface area contributed by atoms with Gasteiger partial charge in [0.25, 0.3) is 0 Å². The molecule has 3 nitrogen and oxygen atoms in total. The van der Waals surface area contributed by atoms with Gasteiger partial charge in [0.15, 0.2) is 0 Å². The first-order valence-corrected chi connectivity index (χ1v) is 5.18. The zero-order valence-electron chi connectivity index (χ0n) is 9.05. The molecule has 0 aliphatic carbocycles. The second-order valence-electron chi connectivity index (χ2n) is 3.62. The van der Waals surface area contributed by atoms with Crippen molar-refractivity contribution < 1.29 is 4.74 Å². The highest BCUT2D eigenvalue weighted by atomic mass is 16.5. The molecule has 80 valence electrons. The van der Waals surface area contributed by atoms with Crippen LogP contribution in [0.4, 0.5) is 0 Å². The Morgan fingerprint density at radius 2 is 2.19 bits per heavy atom. The van der Waals surface area contributed by atoms with Gasteiger partial charge in [0.05, 0.1) is 12.5 Å². The highest BCUT2D eigenvalue weighted by Gasteiger charge is 2.07. The maximum absolute atomic E-state index is 8.58. The zero-order chi connectivity index (χ0) is 11.4. The molecule has 16 heavy (non-hydrogen) atoms. The van der Waals surface area contributed by atoms with Crippen molar-refractivity contribution in [2.75, 3.05) is 0 Å². The van der Waals surface area contributed by atoms with Crippen molar-refractivity contribution in [2.24, 2.45) is 0 Å². The molecule has 1 atom stereocenters. The van der Waals surface area contributed by atoms with E-state index in [0.717, 1.165) is 16.7 Å².